The standard InChI is InChI=1S/C15H15FN4O2/c1-10-13(3-2-5-17-10)14(21)20-6-4-12(9-20)22-15-18-7-11(16)8-19-15/h2-3,5,7-8,12H,4,6,9H2,1H3. The minimum absolute atomic E-state index is 0.0586. The van der Waals surface area contributed by atoms with Crippen LogP contribution in [-0.4, -0.2) is 45.0 Å². The second kappa shape index (κ2) is 6.05. The van der Waals surface area contributed by atoms with E-state index in [0.717, 1.165) is 12.4 Å². The third-order valence-corrected chi connectivity index (χ3v) is 3.54. The van der Waals surface area contributed by atoms with Gasteiger partial charge >= 0.3 is 6.01 Å². The smallest absolute Gasteiger partial charge is 0.316 e. The van der Waals surface area contributed by atoms with Gasteiger partial charge < -0.3 is 9.64 Å². The number of ether oxygens (including phenoxy) is 1. The average Bonchev–Trinajstić information content (AvgIpc) is 2.98. The average molecular weight is 302 g/mol. The number of halogens is 1. The zero-order valence-electron chi connectivity index (χ0n) is 12.1. The predicted octanol–water partition coefficient (Wildman–Crippen LogP) is 1.61. The van der Waals surface area contributed by atoms with Crippen LogP contribution in [0.4, 0.5) is 4.39 Å². The Kier molecular flexibility index (Phi) is 3.95. The molecule has 114 valence electrons. The molecule has 1 fully saturated rings. The zero-order valence-corrected chi connectivity index (χ0v) is 12.1. The first-order valence-corrected chi connectivity index (χ1v) is 6.98. The van der Waals surface area contributed by atoms with E-state index in [1.54, 1.807) is 23.2 Å². The van der Waals surface area contributed by atoms with E-state index in [4.69, 9.17) is 4.74 Å². The molecular weight excluding hydrogens is 287 g/mol. The van der Waals surface area contributed by atoms with Crippen LogP contribution < -0.4 is 4.74 Å². The molecule has 0 saturated carbocycles. The van der Waals surface area contributed by atoms with Crippen LogP contribution in [0.5, 0.6) is 6.01 Å². The number of hydrogen-bond acceptors (Lipinski definition) is 5. The van der Waals surface area contributed by atoms with Crippen LogP contribution in [0.25, 0.3) is 0 Å². The van der Waals surface area contributed by atoms with Crippen LogP contribution in [0.2, 0.25) is 0 Å². The molecular formula is C15H15FN4O2. The summed E-state index contributed by atoms with van der Waals surface area (Å²) in [6, 6.07) is 3.64. The molecule has 2 aromatic rings. The Morgan fingerprint density at radius 2 is 2.14 bits per heavy atom. The van der Waals surface area contributed by atoms with Crippen LogP contribution >= 0.6 is 0 Å². The molecule has 0 bridgehead atoms. The number of amides is 1. The van der Waals surface area contributed by atoms with Crippen molar-refractivity contribution in [3.05, 3.63) is 47.8 Å². The third-order valence-electron chi connectivity index (χ3n) is 3.54. The van der Waals surface area contributed by atoms with Gasteiger partial charge in [-0.15, -0.1) is 0 Å². The maximum absolute atomic E-state index is 12.8. The Balaban J connectivity index is 1.63. The van der Waals surface area contributed by atoms with Gasteiger partial charge in [0.15, 0.2) is 5.82 Å². The Hall–Kier alpha value is -2.57. The fraction of sp³-hybridized carbons (Fsp3) is 0.333. The predicted molar refractivity (Wildman–Crippen MR) is 75.9 cm³/mol. The van der Waals surface area contributed by atoms with Crippen molar-refractivity contribution in [2.75, 3.05) is 13.1 Å². The molecule has 22 heavy (non-hydrogen) atoms. The number of carbonyl (C=O) groups is 1. The van der Waals surface area contributed by atoms with Gasteiger partial charge in [0.1, 0.15) is 6.10 Å². The van der Waals surface area contributed by atoms with Crippen molar-refractivity contribution >= 4 is 5.91 Å². The van der Waals surface area contributed by atoms with E-state index in [1.165, 1.54) is 0 Å². The van der Waals surface area contributed by atoms with Gasteiger partial charge in [0.2, 0.25) is 0 Å². The lowest BCUT2D eigenvalue weighted by molar-refractivity contribution is 0.0768. The van der Waals surface area contributed by atoms with Gasteiger partial charge in [-0.3, -0.25) is 9.78 Å². The van der Waals surface area contributed by atoms with Crippen molar-refractivity contribution in [2.24, 2.45) is 0 Å². The molecule has 1 amide bonds. The maximum Gasteiger partial charge on any atom is 0.316 e. The van der Waals surface area contributed by atoms with Gasteiger partial charge in [-0.2, -0.15) is 0 Å². The van der Waals surface area contributed by atoms with Crippen LogP contribution in [-0.2, 0) is 0 Å². The fourth-order valence-corrected chi connectivity index (χ4v) is 2.40. The zero-order chi connectivity index (χ0) is 15.5. The summed E-state index contributed by atoms with van der Waals surface area (Å²) in [5.74, 6) is -0.570. The minimum atomic E-state index is -0.511. The molecule has 0 N–H and O–H groups in total. The van der Waals surface area contributed by atoms with Crippen LogP contribution in [0.15, 0.2) is 30.7 Å². The van der Waals surface area contributed by atoms with E-state index in [-0.39, 0.29) is 18.0 Å². The van der Waals surface area contributed by atoms with Crippen molar-refractivity contribution in [3.63, 3.8) is 0 Å². The summed E-state index contributed by atoms with van der Waals surface area (Å²) in [5, 5.41) is 0. The summed E-state index contributed by atoms with van der Waals surface area (Å²) in [4.78, 5) is 25.8. The van der Waals surface area contributed by atoms with Crippen molar-refractivity contribution in [2.45, 2.75) is 19.4 Å². The summed E-state index contributed by atoms with van der Waals surface area (Å²) in [6.07, 6.45) is 4.27. The topological polar surface area (TPSA) is 68.2 Å². The second-order valence-corrected chi connectivity index (χ2v) is 5.10. The van der Waals surface area contributed by atoms with E-state index in [0.29, 0.717) is 30.8 Å². The summed E-state index contributed by atoms with van der Waals surface area (Å²) >= 11 is 0. The van der Waals surface area contributed by atoms with E-state index in [2.05, 4.69) is 15.0 Å². The van der Waals surface area contributed by atoms with Gasteiger partial charge in [-0.05, 0) is 19.1 Å². The Morgan fingerprint density at radius 1 is 1.36 bits per heavy atom. The highest BCUT2D eigenvalue weighted by Crippen LogP contribution is 2.18. The molecule has 0 aromatic carbocycles. The van der Waals surface area contributed by atoms with E-state index < -0.39 is 5.82 Å². The van der Waals surface area contributed by atoms with Crippen molar-refractivity contribution in [1.29, 1.82) is 0 Å². The number of likely N-dealkylation sites (tertiary alicyclic amines) is 1. The molecule has 0 aliphatic carbocycles. The SMILES string of the molecule is Cc1ncccc1C(=O)N1CCC(Oc2ncc(F)cn2)C1. The molecule has 0 radical (unpaired) electrons. The maximum atomic E-state index is 12.8. The number of nitrogens with zero attached hydrogens (tertiary/aromatic N) is 4. The third kappa shape index (κ3) is 3.03. The van der Waals surface area contributed by atoms with Gasteiger partial charge in [0.05, 0.1) is 24.5 Å². The highest BCUT2D eigenvalue weighted by molar-refractivity contribution is 5.95. The summed E-state index contributed by atoms with van der Waals surface area (Å²) in [5.41, 5.74) is 1.31. The molecule has 6 nitrogen and oxygen atoms in total. The molecule has 1 aliphatic rings. The second-order valence-electron chi connectivity index (χ2n) is 5.10. The quantitative estimate of drug-likeness (QED) is 0.861. The number of aromatic nitrogens is 3. The van der Waals surface area contributed by atoms with E-state index >= 15 is 0 Å². The van der Waals surface area contributed by atoms with Gasteiger partial charge in [-0.25, -0.2) is 14.4 Å². The molecule has 1 saturated heterocycles. The molecule has 1 unspecified atom stereocenters. The normalized spacial score (nSPS) is 17.5. The molecule has 7 heteroatoms. The van der Waals surface area contributed by atoms with Crippen molar-refractivity contribution in [1.82, 2.24) is 19.9 Å². The lowest BCUT2D eigenvalue weighted by Gasteiger charge is -2.17. The van der Waals surface area contributed by atoms with Gasteiger partial charge in [-0.1, -0.05) is 0 Å². The van der Waals surface area contributed by atoms with Crippen molar-refractivity contribution in [3.8, 4) is 6.01 Å². The molecule has 1 atom stereocenters. The van der Waals surface area contributed by atoms with Crippen LogP contribution in [0, 0.1) is 12.7 Å². The highest BCUT2D eigenvalue weighted by atomic mass is 19.1. The first-order chi connectivity index (χ1) is 10.6. The summed E-state index contributed by atoms with van der Waals surface area (Å²) in [7, 11) is 0. The molecule has 1 aliphatic heterocycles. The lowest BCUT2D eigenvalue weighted by atomic mass is 10.2. The highest BCUT2D eigenvalue weighted by Gasteiger charge is 2.29. The Bertz CT molecular complexity index is 677. The largest absolute Gasteiger partial charge is 0.458 e. The van der Waals surface area contributed by atoms with E-state index in [1.807, 2.05) is 6.92 Å². The van der Waals surface area contributed by atoms with Crippen LogP contribution in [0.1, 0.15) is 22.5 Å². The first kappa shape index (κ1) is 14.4. The number of pyridine rings is 1. The number of hydrogen-bond donors (Lipinski definition) is 0. The molecule has 3 rings (SSSR count). The van der Waals surface area contributed by atoms with Gasteiger partial charge in [0.25, 0.3) is 5.91 Å². The molecule has 3 heterocycles. The number of rotatable bonds is 3. The summed E-state index contributed by atoms with van der Waals surface area (Å²) < 4.78 is 18.3. The van der Waals surface area contributed by atoms with Gasteiger partial charge in [0, 0.05) is 24.9 Å². The monoisotopic (exact) mass is 302 g/mol. The fourth-order valence-electron chi connectivity index (χ4n) is 2.40. The molecule has 2 aromatic heterocycles. The van der Waals surface area contributed by atoms with E-state index in [9.17, 15) is 9.18 Å². The summed E-state index contributed by atoms with van der Waals surface area (Å²) in [6.45, 7) is 2.86. The minimum Gasteiger partial charge on any atom is -0.458 e. The number of aryl methyl sites for hydroxylation is 1. The lowest BCUT2D eigenvalue weighted by Crippen LogP contribution is -2.31. The Labute approximate surface area is 127 Å². The van der Waals surface area contributed by atoms with Crippen molar-refractivity contribution < 1.29 is 13.9 Å². The number of carbonyl (C=O) groups excluding carboxylic acids is 1. The Morgan fingerprint density at radius 3 is 2.86 bits per heavy atom. The first-order valence-electron chi connectivity index (χ1n) is 6.98. The molecule has 0 spiro atoms. The van der Waals surface area contributed by atoms with Crippen LogP contribution in [0.3, 0.4) is 0 Å².